The van der Waals surface area contributed by atoms with Crippen LogP contribution in [0.3, 0.4) is 0 Å². The molecule has 452 valence electrons. The second kappa shape index (κ2) is 34.2. The number of aldehydes is 1. The van der Waals surface area contributed by atoms with Crippen LogP contribution in [0.1, 0.15) is 65.9 Å². The van der Waals surface area contributed by atoms with E-state index in [2.05, 4.69) is 30.3 Å². The van der Waals surface area contributed by atoms with E-state index in [1.165, 1.54) is 0 Å². The summed E-state index contributed by atoms with van der Waals surface area (Å²) < 4.78 is 21.1. The first kappa shape index (κ1) is 73.5. The van der Waals surface area contributed by atoms with Crippen molar-refractivity contribution in [3.63, 3.8) is 0 Å². The standard InChI is InChI=1S/2C22H27N3O7S.C6H13NO5.CH4.ClH.FH/c1-10(2)9-31-14-6-5-12(7-13(14)23-4)21-24-11(3)19(33-21)20(29)25-16-18(28)17(27)15(8-26)32-22(16)30;1-11(2)10-32-17-6-5-13(7-14(17)23-4)22-24-12(3)20(33-22)21(31)25-15(8-26)18(29)19(30)16(28)9-27;7-3-5(10)4(9)2(1-8)12-6(3)11;;;/h5-7,10,15-18,22,26-28,30H,8-9H2,1-3H3,(H,25,29);5-8,11,15-16,18-19,27-30H,9-10H2,1-3H3,(H,25,31);2-6,8-11H,1,7H2;1H4;2*1H. The fourth-order valence-corrected chi connectivity index (χ4v) is 9.18. The molecule has 2 fully saturated rings. The van der Waals surface area contributed by atoms with Crippen molar-refractivity contribution in [2.24, 2.45) is 17.6 Å². The van der Waals surface area contributed by atoms with E-state index < -0.39 is 117 Å². The van der Waals surface area contributed by atoms with Crippen LogP contribution in [0.5, 0.6) is 11.5 Å². The summed E-state index contributed by atoms with van der Waals surface area (Å²) in [5.74, 6) is 0.231. The topological polar surface area (TPSA) is 415 Å². The average molecular weight is 1210 g/mol. The molecule has 0 bridgehead atoms. The average Bonchev–Trinajstić information content (AvgIpc) is 4.17. The van der Waals surface area contributed by atoms with Crippen molar-refractivity contribution in [2.75, 3.05) is 33.0 Å². The Labute approximate surface area is 480 Å². The first-order chi connectivity index (χ1) is 36.8. The number of nitrogens with zero attached hydrogens (tertiary/aromatic N) is 4. The molecule has 2 saturated heterocycles. The summed E-state index contributed by atoms with van der Waals surface area (Å²) in [6.45, 7) is 25.2. The van der Waals surface area contributed by atoms with Gasteiger partial charge in [0.1, 0.15) is 105 Å². The van der Waals surface area contributed by atoms with Crippen LogP contribution in [0.25, 0.3) is 30.8 Å². The third kappa shape index (κ3) is 19.3. The molecule has 2 aliphatic heterocycles. The van der Waals surface area contributed by atoms with Crippen LogP contribution < -0.4 is 25.8 Å². The SMILES string of the molecule is C.Cl.F.NC1C(O)OC(CO)C(O)C1O.[C-]#[N+]c1cc(-c2nc(C)c(C(=O)NC(C=O)C(O)C(O)C(O)CO)s2)ccc1OCC(C)C.[C-]#[N+]c1cc(-c2nc(C)c(C(=O)NC3C(O)OC(CO)C(O)C3O)s2)ccc1OCC(C)C. The largest absolute Gasteiger partial charge is 0.504 e. The van der Waals surface area contributed by atoms with Gasteiger partial charge >= 0.3 is 0 Å². The number of aliphatic hydroxyl groups is 12. The maximum Gasteiger partial charge on any atom is 0.263 e. The van der Waals surface area contributed by atoms with Crippen molar-refractivity contribution in [3.05, 3.63) is 80.4 Å². The number of benzene rings is 2. The Hall–Kier alpha value is -5.49. The minimum Gasteiger partial charge on any atom is -0.504 e. The second-order valence-corrected chi connectivity index (χ2v) is 20.8. The highest BCUT2D eigenvalue weighted by Crippen LogP contribution is 2.38. The lowest BCUT2D eigenvalue weighted by atomic mass is 9.97. The molecule has 30 heteroatoms. The number of aryl methyl sites for hydroxylation is 2. The molecule has 2 aromatic heterocycles. The van der Waals surface area contributed by atoms with Crippen LogP contribution in [0.4, 0.5) is 16.1 Å². The minimum atomic E-state index is -1.84. The predicted molar refractivity (Wildman–Crippen MR) is 296 cm³/mol. The van der Waals surface area contributed by atoms with E-state index >= 15 is 0 Å². The molecular formula is C51H73ClFN7O19S2. The molecule has 2 aromatic carbocycles. The number of nitrogens with two attached hydrogens (primary N) is 1. The lowest BCUT2D eigenvalue weighted by molar-refractivity contribution is -0.252. The zero-order valence-corrected chi connectivity index (χ0v) is 46.5. The maximum atomic E-state index is 12.8. The Kier molecular flexibility index (Phi) is 31.0. The zero-order chi connectivity index (χ0) is 58.3. The van der Waals surface area contributed by atoms with E-state index in [-0.39, 0.29) is 40.6 Å². The van der Waals surface area contributed by atoms with E-state index in [1.807, 2.05) is 27.7 Å². The molecule has 14 atom stereocenters. The molecule has 4 heterocycles. The highest BCUT2D eigenvalue weighted by Gasteiger charge is 2.45. The van der Waals surface area contributed by atoms with Crippen molar-refractivity contribution in [1.29, 1.82) is 0 Å². The third-order valence-corrected chi connectivity index (χ3v) is 14.1. The lowest BCUT2D eigenvalue weighted by Gasteiger charge is -2.40. The molecule has 0 spiro atoms. The number of rotatable bonds is 19. The number of thiazole rings is 2. The van der Waals surface area contributed by atoms with Gasteiger partial charge in [-0.1, -0.05) is 47.3 Å². The van der Waals surface area contributed by atoms with Crippen LogP contribution in [-0.4, -0.2) is 208 Å². The maximum absolute atomic E-state index is 12.8. The summed E-state index contributed by atoms with van der Waals surface area (Å²) in [5.41, 5.74) is 7.96. The molecule has 2 aliphatic rings. The number of aromatic nitrogens is 2. The number of hydrogen-bond acceptors (Lipinski definition) is 24. The number of hydrogen-bond donors (Lipinski definition) is 15. The second-order valence-electron chi connectivity index (χ2n) is 18.8. The molecule has 16 N–H and O–H groups in total. The van der Waals surface area contributed by atoms with Gasteiger partial charge in [-0.15, -0.1) is 35.1 Å². The molecule has 81 heavy (non-hydrogen) atoms. The quantitative estimate of drug-likeness (QED) is 0.0442. The van der Waals surface area contributed by atoms with Crippen LogP contribution in [0.15, 0.2) is 36.4 Å². The van der Waals surface area contributed by atoms with Gasteiger partial charge in [-0.2, -0.15) is 0 Å². The number of amides is 2. The van der Waals surface area contributed by atoms with Gasteiger partial charge in [0.05, 0.1) is 63.6 Å². The van der Waals surface area contributed by atoms with Gasteiger partial charge in [0.25, 0.3) is 11.8 Å². The Morgan fingerprint density at radius 2 is 1.16 bits per heavy atom. The van der Waals surface area contributed by atoms with Crippen molar-refractivity contribution in [2.45, 2.75) is 135 Å². The summed E-state index contributed by atoms with van der Waals surface area (Å²) in [5, 5.41) is 120. The summed E-state index contributed by atoms with van der Waals surface area (Å²) in [4.78, 5) is 53.1. The predicted octanol–water partition coefficient (Wildman–Crippen LogP) is 0.266. The van der Waals surface area contributed by atoms with E-state index in [1.54, 1.807) is 50.2 Å². The molecule has 0 radical (unpaired) electrons. The molecule has 2 amide bonds. The Balaban J connectivity index is 0.000000653. The first-order valence-corrected chi connectivity index (χ1v) is 25.8. The van der Waals surface area contributed by atoms with Crippen molar-refractivity contribution >= 4 is 64.6 Å². The number of nitrogens with one attached hydrogen (secondary N) is 2. The van der Waals surface area contributed by atoms with Crippen LogP contribution in [0, 0.1) is 38.8 Å². The zero-order valence-electron chi connectivity index (χ0n) is 44.0. The van der Waals surface area contributed by atoms with Gasteiger partial charge in [0.15, 0.2) is 12.6 Å². The monoisotopic (exact) mass is 1210 g/mol. The van der Waals surface area contributed by atoms with Gasteiger partial charge in [-0.3, -0.25) is 14.3 Å². The van der Waals surface area contributed by atoms with Crippen LogP contribution >= 0.6 is 35.1 Å². The number of aliphatic hydroxyl groups excluding tert-OH is 12. The molecule has 6 rings (SSSR count). The molecule has 26 nitrogen and oxygen atoms in total. The van der Waals surface area contributed by atoms with E-state index in [9.17, 15) is 60.3 Å². The van der Waals surface area contributed by atoms with Crippen molar-refractivity contribution in [3.8, 4) is 32.6 Å². The van der Waals surface area contributed by atoms with E-state index in [4.69, 9.17) is 53.1 Å². The molecule has 0 saturated carbocycles. The van der Waals surface area contributed by atoms with Gasteiger partial charge < -0.3 is 101 Å². The van der Waals surface area contributed by atoms with Crippen molar-refractivity contribution < 1.29 is 99.3 Å². The molecule has 14 unspecified atom stereocenters. The number of halogens is 2. The third-order valence-electron chi connectivity index (χ3n) is 11.7. The Morgan fingerprint density at radius 1 is 0.728 bits per heavy atom. The van der Waals surface area contributed by atoms with Gasteiger partial charge in [0, 0.05) is 11.1 Å². The number of ether oxygens (including phenoxy) is 4. The van der Waals surface area contributed by atoms with Crippen LogP contribution in [-0.2, 0) is 14.3 Å². The molecule has 4 aromatic rings. The van der Waals surface area contributed by atoms with Gasteiger partial charge in [-0.25, -0.2) is 19.7 Å². The molecular weight excluding hydrogens is 1130 g/mol. The van der Waals surface area contributed by atoms with E-state index in [0.29, 0.717) is 80.5 Å². The summed E-state index contributed by atoms with van der Waals surface area (Å²) in [6.07, 6.45) is -15.8. The summed E-state index contributed by atoms with van der Waals surface area (Å²) in [6, 6.07) is 6.27. The molecule has 0 aliphatic carbocycles. The lowest BCUT2D eigenvalue weighted by Crippen LogP contribution is -2.64. The van der Waals surface area contributed by atoms with E-state index in [0.717, 1.165) is 22.7 Å². The highest BCUT2D eigenvalue weighted by atomic mass is 35.5. The van der Waals surface area contributed by atoms with Gasteiger partial charge in [-0.05, 0) is 49.9 Å². The Morgan fingerprint density at radius 3 is 1.57 bits per heavy atom. The fourth-order valence-electron chi connectivity index (χ4n) is 7.25. The summed E-state index contributed by atoms with van der Waals surface area (Å²) >= 11 is 2.12. The van der Waals surface area contributed by atoms with Crippen molar-refractivity contribution in [1.82, 2.24) is 20.6 Å². The summed E-state index contributed by atoms with van der Waals surface area (Å²) in [7, 11) is 0. The first-order valence-electron chi connectivity index (χ1n) is 24.2. The normalized spacial score (nSPS) is 23.5. The Bertz CT molecular complexity index is 2710. The minimum absolute atomic E-state index is 0. The number of carbonyl (C=O) groups excluding carboxylic acids is 3. The van der Waals surface area contributed by atoms with Crippen LogP contribution in [0.2, 0.25) is 0 Å². The van der Waals surface area contributed by atoms with Gasteiger partial charge in [0.2, 0.25) is 11.4 Å². The highest BCUT2D eigenvalue weighted by molar-refractivity contribution is 7.17. The number of carbonyl (C=O) groups is 3. The fraction of sp³-hybridized carbons (Fsp3) is 0.549. The smallest absolute Gasteiger partial charge is 0.263 e.